The number of ether oxygens (including phenoxy) is 1. The summed E-state index contributed by atoms with van der Waals surface area (Å²) >= 11 is 0. The Morgan fingerprint density at radius 3 is 2.41 bits per heavy atom. The number of benzene rings is 1. The number of rotatable bonds is 2. The zero-order valence-electron chi connectivity index (χ0n) is 9.00. The largest absolute Gasteiger partial charge is 0.370 e. The van der Waals surface area contributed by atoms with Crippen molar-refractivity contribution in [3.63, 3.8) is 0 Å². The number of anilines is 1. The number of carbonyl (C=O) groups is 1. The minimum absolute atomic E-state index is 0.0296. The smallest absolute Gasteiger partial charge is 0.253 e. The van der Waals surface area contributed by atoms with Crippen molar-refractivity contribution in [1.82, 2.24) is 0 Å². The van der Waals surface area contributed by atoms with Crippen LogP contribution in [0.4, 0.5) is 5.69 Å². The lowest BCUT2D eigenvalue weighted by Gasteiger charge is -2.26. The van der Waals surface area contributed by atoms with Gasteiger partial charge in [0.05, 0.1) is 11.5 Å². The molecule has 0 atom stereocenters. The second-order valence-corrected chi connectivity index (χ2v) is 5.20. The second-order valence-electron chi connectivity index (χ2n) is 3.64. The van der Waals surface area contributed by atoms with Crippen molar-refractivity contribution in [3.05, 3.63) is 24.3 Å². The summed E-state index contributed by atoms with van der Waals surface area (Å²) in [5, 5.41) is 4.98. The molecule has 2 N–H and O–H groups in total. The van der Waals surface area contributed by atoms with Crippen LogP contribution in [0, 0.1) is 0 Å². The van der Waals surface area contributed by atoms with Gasteiger partial charge in [0, 0.05) is 12.2 Å². The van der Waals surface area contributed by atoms with Gasteiger partial charge in [-0.05, 0) is 24.3 Å². The topological polar surface area (TPSA) is 89.7 Å². The molecule has 7 heteroatoms. The van der Waals surface area contributed by atoms with Gasteiger partial charge in [0.15, 0.2) is 0 Å². The Hall–Kier alpha value is -1.44. The molecule has 1 aromatic carbocycles. The number of nitrogens with two attached hydrogens (primary N) is 1. The van der Waals surface area contributed by atoms with Gasteiger partial charge in [-0.2, -0.15) is 0 Å². The molecule has 1 aromatic rings. The van der Waals surface area contributed by atoms with Gasteiger partial charge in [0.2, 0.25) is 10.0 Å². The number of morpholine rings is 1. The van der Waals surface area contributed by atoms with Gasteiger partial charge < -0.3 is 9.64 Å². The number of hydrogen-bond donors (Lipinski definition) is 1. The van der Waals surface area contributed by atoms with Gasteiger partial charge in [0.1, 0.15) is 6.61 Å². The first-order valence-electron chi connectivity index (χ1n) is 4.99. The lowest BCUT2D eigenvalue weighted by Crippen LogP contribution is -2.41. The summed E-state index contributed by atoms with van der Waals surface area (Å²) in [5.74, 6) is -0.139. The minimum Gasteiger partial charge on any atom is -0.370 e. The van der Waals surface area contributed by atoms with Crippen LogP contribution < -0.4 is 10.0 Å². The molecule has 1 amide bonds. The van der Waals surface area contributed by atoms with Crippen molar-refractivity contribution in [3.8, 4) is 0 Å². The van der Waals surface area contributed by atoms with E-state index in [0.717, 1.165) is 0 Å². The van der Waals surface area contributed by atoms with E-state index >= 15 is 0 Å². The minimum atomic E-state index is -3.69. The fraction of sp³-hybridized carbons (Fsp3) is 0.300. The van der Waals surface area contributed by atoms with Crippen LogP contribution in [0.1, 0.15) is 0 Å². The van der Waals surface area contributed by atoms with Crippen molar-refractivity contribution in [2.75, 3.05) is 24.7 Å². The maximum Gasteiger partial charge on any atom is 0.253 e. The molecular weight excluding hydrogens is 244 g/mol. The highest BCUT2D eigenvalue weighted by Gasteiger charge is 2.20. The Kier molecular flexibility index (Phi) is 3.14. The molecule has 0 bridgehead atoms. The normalized spacial score (nSPS) is 17.2. The van der Waals surface area contributed by atoms with E-state index < -0.39 is 10.0 Å². The van der Waals surface area contributed by atoms with E-state index in [9.17, 15) is 13.2 Å². The average Bonchev–Trinajstić information content (AvgIpc) is 2.29. The number of carbonyl (C=O) groups excluding carboxylic acids is 1. The summed E-state index contributed by atoms with van der Waals surface area (Å²) in [6, 6.07) is 5.88. The molecule has 0 saturated carbocycles. The third-order valence-electron chi connectivity index (χ3n) is 2.46. The number of sulfonamides is 1. The van der Waals surface area contributed by atoms with E-state index in [4.69, 9.17) is 9.88 Å². The Morgan fingerprint density at radius 1 is 1.24 bits per heavy atom. The monoisotopic (exact) mass is 256 g/mol. The van der Waals surface area contributed by atoms with Crippen LogP contribution in [0.15, 0.2) is 29.2 Å². The highest BCUT2D eigenvalue weighted by molar-refractivity contribution is 7.89. The average molecular weight is 256 g/mol. The third kappa shape index (κ3) is 2.63. The van der Waals surface area contributed by atoms with Crippen molar-refractivity contribution in [2.45, 2.75) is 4.90 Å². The van der Waals surface area contributed by atoms with Crippen molar-refractivity contribution in [1.29, 1.82) is 0 Å². The molecule has 0 aromatic heterocycles. The molecule has 0 spiro atoms. The first-order valence-corrected chi connectivity index (χ1v) is 6.54. The van der Waals surface area contributed by atoms with E-state index in [2.05, 4.69) is 0 Å². The molecule has 6 nitrogen and oxygen atoms in total. The van der Waals surface area contributed by atoms with Crippen LogP contribution >= 0.6 is 0 Å². The van der Waals surface area contributed by atoms with Gasteiger partial charge >= 0.3 is 0 Å². The highest BCUT2D eigenvalue weighted by atomic mass is 32.2. The fourth-order valence-corrected chi connectivity index (χ4v) is 2.12. The molecule has 2 rings (SSSR count). The molecular formula is C10H12N2O4S. The molecule has 0 unspecified atom stereocenters. The van der Waals surface area contributed by atoms with Crippen LogP contribution in [-0.2, 0) is 19.6 Å². The highest BCUT2D eigenvalue weighted by Crippen LogP contribution is 2.18. The number of hydrogen-bond acceptors (Lipinski definition) is 4. The van der Waals surface area contributed by atoms with E-state index in [1.165, 1.54) is 12.1 Å². The molecule has 0 radical (unpaired) electrons. The van der Waals surface area contributed by atoms with Gasteiger partial charge in [-0.3, -0.25) is 4.79 Å². The fourth-order valence-electron chi connectivity index (χ4n) is 1.61. The van der Waals surface area contributed by atoms with E-state index in [1.807, 2.05) is 0 Å². The van der Waals surface area contributed by atoms with Crippen LogP contribution in [0.25, 0.3) is 0 Å². The third-order valence-corrected chi connectivity index (χ3v) is 3.39. The molecule has 1 aliphatic heterocycles. The molecule has 1 heterocycles. The van der Waals surface area contributed by atoms with Gasteiger partial charge in [-0.1, -0.05) is 0 Å². The van der Waals surface area contributed by atoms with Gasteiger partial charge in [-0.25, -0.2) is 13.6 Å². The first kappa shape index (κ1) is 12.0. The zero-order chi connectivity index (χ0) is 12.5. The van der Waals surface area contributed by atoms with Crippen LogP contribution in [0.5, 0.6) is 0 Å². The van der Waals surface area contributed by atoms with Crippen LogP contribution in [0.2, 0.25) is 0 Å². The summed E-state index contributed by atoms with van der Waals surface area (Å²) in [7, 11) is -3.69. The summed E-state index contributed by atoms with van der Waals surface area (Å²) in [5.41, 5.74) is 0.644. The first-order chi connectivity index (χ1) is 7.98. The molecule has 1 saturated heterocycles. The summed E-state index contributed by atoms with van der Waals surface area (Å²) in [6.45, 7) is 0.993. The van der Waals surface area contributed by atoms with Gasteiger partial charge in [-0.15, -0.1) is 0 Å². The summed E-state index contributed by atoms with van der Waals surface area (Å²) < 4.78 is 27.1. The molecule has 1 fully saturated rings. The molecule has 17 heavy (non-hydrogen) atoms. The molecule has 0 aliphatic carbocycles. The predicted molar refractivity (Wildman–Crippen MR) is 61.0 cm³/mol. The Labute approximate surface area is 99.0 Å². The number of amides is 1. The van der Waals surface area contributed by atoms with Crippen LogP contribution in [0.3, 0.4) is 0 Å². The summed E-state index contributed by atoms with van der Waals surface area (Å²) in [4.78, 5) is 13.1. The van der Waals surface area contributed by atoms with E-state index in [1.54, 1.807) is 17.0 Å². The zero-order valence-corrected chi connectivity index (χ0v) is 9.81. The van der Waals surface area contributed by atoms with Crippen molar-refractivity contribution in [2.24, 2.45) is 5.14 Å². The van der Waals surface area contributed by atoms with E-state index in [0.29, 0.717) is 18.8 Å². The Morgan fingerprint density at radius 2 is 1.88 bits per heavy atom. The Bertz CT molecular complexity index is 524. The summed E-state index contributed by atoms with van der Waals surface area (Å²) in [6.07, 6.45) is 0. The second kappa shape index (κ2) is 4.44. The maximum absolute atomic E-state index is 11.5. The predicted octanol–water partition coefficient (Wildman–Crippen LogP) is -0.303. The quantitative estimate of drug-likeness (QED) is 0.786. The van der Waals surface area contributed by atoms with E-state index in [-0.39, 0.29) is 17.4 Å². The Balaban J connectivity index is 2.26. The number of primary sulfonamides is 1. The SMILES string of the molecule is NS(=O)(=O)c1ccc(N2CCOCC2=O)cc1. The lowest BCUT2D eigenvalue weighted by molar-refractivity contribution is -0.125. The molecule has 1 aliphatic rings. The van der Waals surface area contributed by atoms with Gasteiger partial charge in [0.25, 0.3) is 5.91 Å². The van der Waals surface area contributed by atoms with Crippen molar-refractivity contribution >= 4 is 21.6 Å². The number of nitrogens with zero attached hydrogens (tertiary/aromatic N) is 1. The maximum atomic E-state index is 11.5. The van der Waals surface area contributed by atoms with Crippen molar-refractivity contribution < 1.29 is 17.9 Å². The standard InChI is InChI=1S/C10H12N2O4S/c11-17(14,15)9-3-1-8(2-4-9)12-5-6-16-7-10(12)13/h1-4H,5-7H2,(H2,11,14,15). The van der Waals surface area contributed by atoms with Crippen LogP contribution in [-0.4, -0.2) is 34.1 Å². The molecule has 92 valence electrons. The lowest BCUT2D eigenvalue weighted by atomic mass is 10.2.